The highest BCUT2D eigenvalue weighted by molar-refractivity contribution is 8.00. The van der Waals surface area contributed by atoms with Crippen LogP contribution in [0.1, 0.15) is 12.6 Å². The lowest BCUT2D eigenvalue weighted by atomic mass is 9.96. The van der Waals surface area contributed by atoms with Gasteiger partial charge in [-0.25, -0.2) is 9.78 Å². The normalized spacial score (nSPS) is 20.7. The number of amides is 3. The zero-order chi connectivity index (χ0) is 23.2. The van der Waals surface area contributed by atoms with Crippen LogP contribution < -0.4 is 10.6 Å². The Labute approximate surface area is 190 Å². The van der Waals surface area contributed by atoms with Gasteiger partial charge in [-0.3, -0.25) is 19.2 Å². The SMILES string of the molecule is CCOC(=O)[C@@]1(SC)[C@@H](NC(=O)C(=NOC)c2csc(NC(=O)CCl)n2)C(=O)N1OC. The molecule has 0 bridgehead atoms. The van der Waals surface area contributed by atoms with Crippen molar-refractivity contribution in [2.45, 2.75) is 17.8 Å². The molecule has 1 fully saturated rings. The van der Waals surface area contributed by atoms with Crippen LogP contribution in [0.3, 0.4) is 0 Å². The van der Waals surface area contributed by atoms with Crippen LogP contribution in [-0.2, 0) is 33.6 Å². The fourth-order valence-electron chi connectivity index (χ4n) is 2.69. The Morgan fingerprint density at radius 1 is 1.42 bits per heavy atom. The van der Waals surface area contributed by atoms with E-state index in [9.17, 15) is 19.2 Å². The van der Waals surface area contributed by atoms with E-state index in [-0.39, 0.29) is 29.0 Å². The van der Waals surface area contributed by atoms with Gasteiger partial charge in [0, 0.05) is 5.38 Å². The van der Waals surface area contributed by atoms with E-state index in [0.29, 0.717) is 0 Å². The first-order chi connectivity index (χ1) is 14.8. The Hall–Kier alpha value is -2.42. The van der Waals surface area contributed by atoms with Gasteiger partial charge >= 0.3 is 5.97 Å². The molecule has 0 saturated carbocycles. The number of nitrogens with one attached hydrogen (secondary N) is 2. The molecule has 3 amide bonds. The summed E-state index contributed by atoms with van der Waals surface area (Å²) in [4.78, 5) is 61.7. The lowest BCUT2D eigenvalue weighted by Gasteiger charge is -2.51. The minimum Gasteiger partial charge on any atom is -0.463 e. The molecule has 2 N–H and O–H groups in total. The average molecular weight is 494 g/mol. The molecule has 1 aromatic heterocycles. The van der Waals surface area contributed by atoms with Crippen LogP contribution >= 0.6 is 34.7 Å². The number of thioether (sulfide) groups is 1. The van der Waals surface area contributed by atoms with Gasteiger partial charge in [0.1, 0.15) is 18.7 Å². The highest BCUT2D eigenvalue weighted by Gasteiger charge is 2.68. The number of alkyl halides is 1. The summed E-state index contributed by atoms with van der Waals surface area (Å²) in [6.45, 7) is 1.68. The van der Waals surface area contributed by atoms with Crippen molar-refractivity contribution in [3.63, 3.8) is 0 Å². The molecule has 1 aromatic rings. The average Bonchev–Trinajstić information content (AvgIpc) is 3.21. The van der Waals surface area contributed by atoms with E-state index in [0.717, 1.165) is 28.2 Å². The molecule has 1 aliphatic heterocycles. The summed E-state index contributed by atoms with van der Waals surface area (Å²) in [7, 11) is 2.45. The summed E-state index contributed by atoms with van der Waals surface area (Å²) in [5.74, 6) is -2.98. The number of oxime groups is 1. The maximum Gasteiger partial charge on any atom is 0.347 e. The number of thiazole rings is 1. The number of nitrogens with zero attached hydrogens (tertiary/aromatic N) is 3. The Morgan fingerprint density at radius 3 is 2.68 bits per heavy atom. The van der Waals surface area contributed by atoms with Crippen LogP contribution in [0.4, 0.5) is 5.13 Å². The Bertz CT molecular complexity index is 895. The third-order valence-corrected chi connectivity index (χ3v) is 6.18. The van der Waals surface area contributed by atoms with Gasteiger partial charge < -0.3 is 20.2 Å². The number of hydrogen-bond donors (Lipinski definition) is 2. The van der Waals surface area contributed by atoms with Gasteiger partial charge in [0.15, 0.2) is 16.9 Å². The molecule has 0 unspecified atom stereocenters. The molecule has 15 heteroatoms. The minimum atomic E-state index is -1.61. The number of ether oxygens (including phenoxy) is 1. The van der Waals surface area contributed by atoms with E-state index < -0.39 is 34.6 Å². The zero-order valence-corrected chi connectivity index (χ0v) is 19.4. The number of β-lactam (4-membered cyclic amide) rings is 1. The Balaban J connectivity index is 2.29. The van der Waals surface area contributed by atoms with Gasteiger partial charge in [-0.05, 0) is 13.2 Å². The van der Waals surface area contributed by atoms with Gasteiger partial charge in [-0.2, -0.15) is 5.06 Å². The van der Waals surface area contributed by atoms with Crippen LogP contribution in [0, 0.1) is 0 Å². The van der Waals surface area contributed by atoms with Crippen molar-refractivity contribution in [1.29, 1.82) is 0 Å². The highest BCUT2D eigenvalue weighted by atomic mass is 35.5. The van der Waals surface area contributed by atoms with Crippen LogP contribution in [0.2, 0.25) is 0 Å². The second kappa shape index (κ2) is 10.7. The number of rotatable bonds is 10. The molecule has 2 heterocycles. The zero-order valence-electron chi connectivity index (χ0n) is 17.0. The lowest BCUT2D eigenvalue weighted by Crippen LogP contribution is -2.80. The second-order valence-corrected chi connectivity index (χ2v) is 7.84. The van der Waals surface area contributed by atoms with Gasteiger partial charge in [0.25, 0.3) is 11.8 Å². The summed E-state index contributed by atoms with van der Waals surface area (Å²) in [5.41, 5.74) is -0.192. The Kier molecular flexibility index (Phi) is 8.61. The summed E-state index contributed by atoms with van der Waals surface area (Å²) in [6.07, 6.45) is 1.57. The summed E-state index contributed by atoms with van der Waals surface area (Å²) in [6, 6.07) is -1.29. The second-order valence-electron chi connectivity index (χ2n) is 5.68. The van der Waals surface area contributed by atoms with E-state index >= 15 is 0 Å². The third kappa shape index (κ3) is 4.76. The van der Waals surface area contributed by atoms with E-state index in [1.165, 1.54) is 19.6 Å². The molecule has 0 aromatic carbocycles. The molecule has 2 rings (SSSR count). The number of esters is 1. The molecule has 170 valence electrons. The predicted molar refractivity (Wildman–Crippen MR) is 114 cm³/mol. The maximum atomic E-state index is 12.9. The van der Waals surface area contributed by atoms with Crippen molar-refractivity contribution in [3.8, 4) is 0 Å². The predicted octanol–water partition coefficient (Wildman–Crippen LogP) is 0.182. The molecule has 1 saturated heterocycles. The molecule has 31 heavy (non-hydrogen) atoms. The highest BCUT2D eigenvalue weighted by Crippen LogP contribution is 2.42. The molecule has 0 radical (unpaired) electrons. The monoisotopic (exact) mass is 493 g/mol. The number of aromatic nitrogens is 1. The largest absolute Gasteiger partial charge is 0.463 e. The molecule has 2 atom stereocenters. The van der Waals surface area contributed by atoms with Crippen LogP contribution in [-0.4, -0.2) is 83.3 Å². The van der Waals surface area contributed by atoms with Crippen molar-refractivity contribution in [1.82, 2.24) is 15.4 Å². The van der Waals surface area contributed by atoms with E-state index in [1.54, 1.807) is 13.2 Å². The van der Waals surface area contributed by atoms with Gasteiger partial charge in [0.2, 0.25) is 10.8 Å². The maximum absolute atomic E-state index is 12.9. The smallest absolute Gasteiger partial charge is 0.347 e. The number of carbonyl (C=O) groups is 4. The first-order valence-electron chi connectivity index (χ1n) is 8.64. The number of hydroxylamine groups is 2. The quantitative estimate of drug-likeness (QED) is 0.153. The minimum absolute atomic E-state index is 0.0690. The standard InChI is InChI=1S/C16H20ClN5O7S2/c1-5-29-14(26)16(30-4)11(13(25)22(16)28-3)20-12(24)10(21-27-2)8-7-31-15(18-8)19-9(23)6-17/h7,11H,5-6H2,1-4H3,(H,20,24)(H,18,19,23)/t11-,16-/m0/s1. The molecule has 0 aliphatic carbocycles. The summed E-state index contributed by atoms with van der Waals surface area (Å²) in [5, 5.41) is 11.1. The van der Waals surface area contributed by atoms with Gasteiger partial charge in [-0.1, -0.05) is 5.16 Å². The van der Waals surface area contributed by atoms with E-state index in [1.807, 2.05) is 0 Å². The third-order valence-electron chi connectivity index (χ3n) is 3.99. The van der Waals surface area contributed by atoms with Crippen molar-refractivity contribution < 1.29 is 33.6 Å². The Morgan fingerprint density at radius 2 is 2.13 bits per heavy atom. The van der Waals surface area contributed by atoms with E-state index in [2.05, 4.69) is 20.8 Å². The van der Waals surface area contributed by atoms with Crippen molar-refractivity contribution in [3.05, 3.63) is 11.1 Å². The van der Waals surface area contributed by atoms with Crippen molar-refractivity contribution in [2.75, 3.05) is 38.3 Å². The molecular formula is C16H20ClN5O7S2. The van der Waals surface area contributed by atoms with Crippen molar-refractivity contribution >= 4 is 69.2 Å². The molecule has 1 aliphatic rings. The number of hydrogen-bond acceptors (Lipinski definition) is 11. The molecule has 12 nitrogen and oxygen atoms in total. The van der Waals surface area contributed by atoms with Gasteiger partial charge in [0.05, 0.1) is 13.7 Å². The van der Waals surface area contributed by atoms with E-state index in [4.69, 9.17) is 26.0 Å². The molecule has 0 spiro atoms. The first-order valence-corrected chi connectivity index (χ1v) is 11.3. The fraction of sp³-hybridized carbons (Fsp3) is 0.500. The molecular weight excluding hydrogens is 474 g/mol. The van der Waals surface area contributed by atoms with Gasteiger partial charge in [-0.15, -0.1) is 34.7 Å². The van der Waals surface area contributed by atoms with Crippen LogP contribution in [0.15, 0.2) is 10.5 Å². The fourth-order valence-corrected chi connectivity index (χ4v) is 4.42. The summed E-state index contributed by atoms with van der Waals surface area (Å²) >= 11 is 7.45. The summed E-state index contributed by atoms with van der Waals surface area (Å²) < 4.78 is 5.07. The van der Waals surface area contributed by atoms with Crippen LogP contribution in [0.5, 0.6) is 0 Å². The van der Waals surface area contributed by atoms with Crippen LogP contribution in [0.25, 0.3) is 0 Å². The number of halogens is 1. The number of carbonyl (C=O) groups excluding carboxylic acids is 4. The lowest BCUT2D eigenvalue weighted by molar-refractivity contribution is -0.236. The first kappa shape index (κ1) is 24.8. The van der Waals surface area contributed by atoms with Crippen molar-refractivity contribution in [2.24, 2.45) is 5.16 Å². The topological polar surface area (TPSA) is 149 Å². The number of anilines is 1.